The fraction of sp³-hybridized carbons (Fsp3) is 0.462. The van der Waals surface area contributed by atoms with E-state index in [1.165, 1.54) is 23.2 Å². The summed E-state index contributed by atoms with van der Waals surface area (Å²) in [4.78, 5) is 38.5. The molecule has 0 saturated carbocycles. The molecule has 0 aromatic carbocycles. The number of nitrogens with one attached hydrogen (secondary N) is 2. The van der Waals surface area contributed by atoms with E-state index in [1.807, 2.05) is 13.8 Å². The highest BCUT2D eigenvalue weighted by Crippen LogP contribution is 2.23. The molecule has 8 heteroatoms. The summed E-state index contributed by atoms with van der Waals surface area (Å²) in [5.74, 6) is 0.0110. The summed E-state index contributed by atoms with van der Waals surface area (Å²) in [5.41, 5.74) is 0. The molecule has 0 atom stereocenters. The second kappa shape index (κ2) is 6.13. The Labute approximate surface area is 126 Å². The molecule has 2 rings (SSSR count). The van der Waals surface area contributed by atoms with Crippen LogP contribution in [0.2, 0.25) is 0 Å². The topological polar surface area (TPSA) is 81.8 Å². The van der Waals surface area contributed by atoms with Crippen LogP contribution in [0.4, 0.5) is 14.6 Å². The van der Waals surface area contributed by atoms with Crippen molar-refractivity contribution in [1.29, 1.82) is 0 Å². The van der Waals surface area contributed by atoms with Gasteiger partial charge in [0.2, 0.25) is 5.91 Å². The van der Waals surface area contributed by atoms with Gasteiger partial charge >= 0.3 is 12.1 Å². The first kappa shape index (κ1) is 15.3. The van der Waals surface area contributed by atoms with Gasteiger partial charge in [-0.15, -0.1) is 11.3 Å². The second-order valence-electron chi connectivity index (χ2n) is 5.15. The van der Waals surface area contributed by atoms with Crippen LogP contribution < -0.4 is 15.5 Å². The number of carbonyl (C=O) groups is 3. The molecule has 114 valence electrons. The molecule has 1 aliphatic heterocycles. The van der Waals surface area contributed by atoms with Gasteiger partial charge in [-0.2, -0.15) is 0 Å². The molecule has 5 amide bonds. The smallest absolute Gasteiger partial charge is 0.305 e. The van der Waals surface area contributed by atoms with Crippen LogP contribution in [0.1, 0.15) is 20.8 Å². The predicted molar refractivity (Wildman–Crippen MR) is 79.9 cm³/mol. The highest BCUT2D eigenvalue weighted by atomic mass is 32.1. The molecule has 0 aliphatic carbocycles. The van der Waals surface area contributed by atoms with Crippen molar-refractivity contribution in [3.05, 3.63) is 17.5 Å². The molecule has 0 spiro atoms. The third kappa shape index (κ3) is 3.33. The molecule has 7 nitrogen and oxygen atoms in total. The summed E-state index contributed by atoms with van der Waals surface area (Å²) in [6.45, 7) is 5.77. The fourth-order valence-corrected chi connectivity index (χ4v) is 2.78. The number of imide groups is 1. The van der Waals surface area contributed by atoms with Crippen LogP contribution in [0.5, 0.6) is 0 Å². The molecule has 1 saturated heterocycles. The van der Waals surface area contributed by atoms with E-state index in [2.05, 4.69) is 10.6 Å². The van der Waals surface area contributed by atoms with Crippen LogP contribution in [0.3, 0.4) is 0 Å². The van der Waals surface area contributed by atoms with E-state index in [-0.39, 0.29) is 11.8 Å². The largest absolute Gasteiger partial charge is 0.333 e. The molecule has 2 N–H and O–H groups in total. The average Bonchev–Trinajstić information content (AvgIpc) is 2.88. The Hall–Kier alpha value is -2.09. The summed E-state index contributed by atoms with van der Waals surface area (Å²) < 4.78 is 0. The molecule has 0 radical (unpaired) electrons. The van der Waals surface area contributed by atoms with Gasteiger partial charge in [-0.25, -0.2) is 14.5 Å². The molecule has 1 aliphatic rings. The number of thiophene rings is 1. The van der Waals surface area contributed by atoms with Crippen molar-refractivity contribution in [2.45, 2.75) is 27.1 Å². The number of hydrogen-bond acceptors (Lipinski definition) is 4. The third-order valence-corrected chi connectivity index (χ3v) is 3.78. The summed E-state index contributed by atoms with van der Waals surface area (Å²) in [7, 11) is 0. The number of nitrogens with zero attached hydrogens (tertiary/aromatic N) is 2. The van der Waals surface area contributed by atoms with Crippen molar-refractivity contribution < 1.29 is 14.4 Å². The Morgan fingerprint density at radius 2 is 2.00 bits per heavy atom. The van der Waals surface area contributed by atoms with Crippen LogP contribution in [0.25, 0.3) is 0 Å². The summed E-state index contributed by atoms with van der Waals surface area (Å²) in [5, 5.41) is 7.59. The van der Waals surface area contributed by atoms with Gasteiger partial charge in [0.15, 0.2) is 6.29 Å². The van der Waals surface area contributed by atoms with Crippen molar-refractivity contribution in [3.63, 3.8) is 0 Å². The first-order valence-electron chi connectivity index (χ1n) is 6.62. The number of urea groups is 2. The number of anilines is 1. The number of amides is 5. The number of carbonyl (C=O) groups excluding carboxylic acids is 3. The van der Waals surface area contributed by atoms with Gasteiger partial charge in [-0.1, -0.05) is 13.8 Å². The van der Waals surface area contributed by atoms with Gasteiger partial charge in [-0.05, 0) is 23.4 Å². The van der Waals surface area contributed by atoms with Gasteiger partial charge in [0, 0.05) is 13.5 Å². The molecule has 2 heterocycles. The molecule has 21 heavy (non-hydrogen) atoms. The van der Waals surface area contributed by atoms with E-state index in [0.29, 0.717) is 11.5 Å². The zero-order valence-corrected chi connectivity index (χ0v) is 12.9. The Balaban J connectivity index is 2.15. The lowest BCUT2D eigenvalue weighted by Gasteiger charge is -2.38. The summed E-state index contributed by atoms with van der Waals surface area (Å²) in [6.07, 6.45) is -0.818. The minimum absolute atomic E-state index is 0.209. The Morgan fingerprint density at radius 1 is 1.38 bits per heavy atom. The normalized spacial score (nSPS) is 15.9. The van der Waals surface area contributed by atoms with Gasteiger partial charge < -0.3 is 4.90 Å². The van der Waals surface area contributed by atoms with Gasteiger partial charge in [-0.3, -0.25) is 15.4 Å². The zero-order valence-electron chi connectivity index (χ0n) is 12.1. The van der Waals surface area contributed by atoms with E-state index >= 15 is 0 Å². The Kier molecular flexibility index (Phi) is 4.46. The Bertz CT molecular complexity index is 526. The molecular weight excluding hydrogens is 292 g/mol. The quantitative estimate of drug-likeness (QED) is 0.889. The lowest BCUT2D eigenvalue weighted by atomic mass is 10.2. The predicted octanol–water partition coefficient (Wildman–Crippen LogP) is 1.78. The van der Waals surface area contributed by atoms with E-state index < -0.39 is 18.4 Å². The van der Waals surface area contributed by atoms with Crippen LogP contribution in [-0.2, 0) is 4.79 Å². The maximum absolute atomic E-state index is 12.1. The van der Waals surface area contributed by atoms with E-state index in [1.54, 1.807) is 17.5 Å². The van der Waals surface area contributed by atoms with Crippen molar-refractivity contribution in [2.24, 2.45) is 5.92 Å². The lowest BCUT2D eigenvalue weighted by Crippen LogP contribution is -2.69. The highest BCUT2D eigenvalue weighted by Gasteiger charge is 2.36. The van der Waals surface area contributed by atoms with Crippen molar-refractivity contribution in [3.8, 4) is 0 Å². The molecule has 1 aromatic heterocycles. The van der Waals surface area contributed by atoms with Crippen LogP contribution in [0, 0.1) is 5.92 Å². The minimum Gasteiger partial charge on any atom is -0.305 e. The van der Waals surface area contributed by atoms with Crippen molar-refractivity contribution in [1.82, 2.24) is 15.5 Å². The van der Waals surface area contributed by atoms with Crippen molar-refractivity contribution >= 4 is 34.3 Å². The molecule has 0 unspecified atom stereocenters. The van der Waals surface area contributed by atoms with Crippen LogP contribution in [-0.4, -0.2) is 35.7 Å². The average molecular weight is 310 g/mol. The van der Waals surface area contributed by atoms with Gasteiger partial charge in [0.05, 0.1) is 0 Å². The summed E-state index contributed by atoms with van der Waals surface area (Å²) in [6, 6.07) is 2.36. The summed E-state index contributed by atoms with van der Waals surface area (Å²) >= 11 is 1.29. The van der Waals surface area contributed by atoms with E-state index in [0.717, 1.165) is 4.90 Å². The van der Waals surface area contributed by atoms with E-state index in [9.17, 15) is 14.4 Å². The second-order valence-corrected chi connectivity index (χ2v) is 6.08. The standard InChI is InChI=1S/C13H18N4O3S/c1-8(2)7-16(9(3)18)11-14-12(19)17(13(20)15-11)10-5-4-6-21-10/h4-6,8,11H,7H2,1-3H3,(H,14,19)(H,15,20). The molecule has 1 aromatic rings. The zero-order chi connectivity index (χ0) is 15.6. The first-order chi connectivity index (χ1) is 9.90. The first-order valence-corrected chi connectivity index (χ1v) is 7.50. The van der Waals surface area contributed by atoms with E-state index in [4.69, 9.17) is 0 Å². The molecular formula is C13H18N4O3S. The monoisotopic (exact) mass is 310 g/mol. The fourth-order valence-electron chi connectivity index (χ4n) is 2.05. The Morgan fingerprint density at radius 3 is 2.43 bits per heavy atom. The highest BCUT2D eigenvalue weighted by molar-refractivity contribution is 7.14. The SMILES string of the molecule is CC(=O)N(CC(C)C)C1NC(=O)N(c2cccs2)C(=O)N1. The molecule has 0 bridgehead atoms. The van der Waals surface area contributed by atoms with Gasteiger partial charge in [0.1, 0.15) is 5.00 Å². The van der Waals surface area contributed by atoms with Gasteiger partial charge in [0.25, 0.3) is 0 Å². The van der Waals surface area contributed by atoms with Crippen LogP contribution in [0.15, 0.2) is 17.5 Å². The molecule has 1 fully saturated rings. The number of rotatable bonds is 4. The maximum Gasteiger partial charge on any atom is 0.333 e. The van der Waals surface area contributed by atoms with Crippen LogP contribution >= 0.6 is 11.3 Å². The number of hydrogen-bond donors (Lipinski definition) is 2. The maximum atomic E-state index is 12.1. The third-order valence-electron chi connectivity index (χ3n) is 2.93. The van der Waals surface area contributed by atoms with Crippen molar-refractivity contribution in [2.75, 3.05) is 11.4 Å². The lowest BCUT2D eigenvalue weighted by molar-refractivity contribution is -0.132. The minimum atomic E-state index is -0.818.